The van der Waals surface area contributed by atoms with Gasteiger partial charge in [0.15, 0.2) is 11.5 Å². The highest BCUT2D eigenvalue weighted by atomic mass is 19.4. The molecule has 3 rings (SSSR count). The molecule has 1 aliphatic rings. The van der Waals surface area contributed by atoms with Crippen molar-refractivity contribution in [2.24, 2.45) is 10.7 Å². The molecule has 0 radical (unpaired) electrons. The third-order valence-electron chi connectivity index (χ3n) is 4.73. The number of allylic oxidation sites excluding steroid dienone is 1. The summed E-state index contributed by atoms with van der Waals surface area (Å²) in [6.07, 6.45) is -6.93. The van der Waals surface area contributed by atoms with Gasteiger partial charge in [-0.3, -0.25) is 9.78 Å². The molecule has 1 atom stereocenters. The molecule has 1 aromatic heterocycles. The van der Waals surface area contributed by atoms with Crippen molar-refractivity contribution in [3.05, 3.63) is 76.1 Å². The van der Waals surface area contributed by atoms with Gasteiger partial charge in [-0.15, -0.1) is 0 Å². The van der Waals surface area contributed by atoms with Crippen LogP contribution in [0.15, 0.2) is 47.3 Å². The first kappa shape index (κ1) is 23.8. The Morgan fingerprint density at radius 2 is 2.00 bits per heavy atom. The van der Waals surface area contributed by atoms with Crippen LogP contribution in [0.25, 0.3) is 0 Å². The summed E-state index contributed by atoms with van der Waals surface area (Å²) in [4.78, 5) is 20.0. The summed E-state index contributed by atoms with van der Waals surface area (Å²) in [6.45, 7) is 1.28. The molecule has 0 bridgehead atoms. The van der Waals surface area contributed by atoms with Crippen LogP contribution < -0.4 is 5.73 Å². The van der Waals surface area contributed by atoms with Crippen molar-refractivity contribution in [2.75, 3.05) is 0 Å². The molecule has 2 N–H and O–H groups in total. The number of hydrogen-bond acceptors (Lipinski definition) is 6. The number of aliphatic imine (C=N–C) groups is 1. The van der Waals surface area contributed by atoms with Gasteiger partial charge < -0.3 is 10.5 Å². The number of hydrogen-bond donors (Lipinski definition) is 1. The van der Waals surface area contributed by atoms with Gasteiger partial charge in [0.1, 0.15) is 23.1 Å². The molecule has 12 heteroatoms. The molecular formula is C21H14F6N4O2. The van der Waals surface area contributed by atoms with E-state index in [4.69, 9.17) is 11.0 Å². The van der Waals surface area contributed by atoms with Crippen molar-refractivity contribution in [3.63, 3.8) is 0 Å². The number of Topliss-reactive ketones (excluding diaryl/α,β-unsaturated/α-hetero) is 1. The van der Waals surface area contributed by atoms with E-state index in [1.54, 1.807) is 0 Å². The number of rotatable bonds is 5. The predicted octanol–water partition coefficient (Wildman–Crippen LogP) is 4.25. The number of nitriles is 1. The molecule has 0 spiro atoms. The number of nitrogens with zero attached hydrogens (tertiary/aromatic N) is 3. The highest BCUT2D eigenvalue weighted by molar-refractivity contribution is 5.97. The molecule has 33 heavy (non-hydrogen) atoms. The van der Waals surface area contributed by atoms with E-state index in [1.165, 1.54) is 13.0 Å². The number of alkyl halides is 5. The lowest BCUT2D eigenvalue weighted by Crippen LogP contribution is -2.32. The van der Waals surface area contributed by atoms with Gasteiger partial charge in [0.05, 0.1) is 11.1 Å². The van der Waals surface area contributed by atoms with Crippen LogP contribution in [-0.4, -0.2) is 23.2 Å². The lowest BCUT2D eigenvalue weighted by Gasteiger charge is -2.28. The maximum atomic E-state index is 14.6. The van der Waals surface area contributed by atoms with Crippen LogP contribution in [0.2, 0.25) is 0 Å². The van der Waals surface area contributed by atoms with Gasteiger partial charge in [0.2, 0.25) is 0 Å². The molecule has 1 aromatic carbocycles. The van der Waals surface area contributed by atoms with Crippen molar-refractivity contribution >= 4 is 11.8 Å². The number of nitrogens with two attached hydrogens (primary N) is 1. The van der Waals surface area contributed by atoms with E-state index in [9.17, 15) is 31.1 Å². The Hall–Kier alpha value is -3.88. The maximum absolute atomic E-state index is 14.6. The summed E-state index contributed by atoms with van der Waals surface area (Å²) < 4.78 is 85.5. The first-order chi connectivity index (χ1) is 15.3. The molecule has 0 saturated carbocycles. The fraction of sp³-hybridized carbons (Fsp3) is 0.238. The number of carbonyl (C=O) groups is 1. The fourth-order valence-corrected chi connectivity index (χ4v) is 3.26. The number of carbonyl (C=O) groups excluding carboxylic acids is 1. The van der Waals surface area contributed by atoms with Gasteiger partial charge in [0, 0.05) is 18.2 Å². The van der Waals surface area contributed by atoms with Crippen molar-refractivity contribution in [1.82, 2.24) is 4.98 Å². The van der Waals surface area contributed by atoms with Gasteiger partial charge in [-0.25, -0.2) is 18.2 Å². The molecular weight excluding hydrogens is 454 g/mol. The van der Waals surface area contributed by atoms with Crippen molar-refractivity contribution in [3.8, 4) is 6.07 Å². The van der Waals surface area contributed by atoms with E-state index in [2.05, 4.69) is 14.7 Å². The molecule has 2 aromatic rings. The molecule has 2 heterocycles. The van der Waals surface area contributed by atoms with Crippen molar-refractivity contribution in [2.45, 2.75) is 31.5 Å². The zero-order chi connectivity index (χ0) is 24.6. The van der Waals surface area contributed by atoms with E-state index < -0.39 is 59.2 Å². The highest BCUT2D eigenvalue weighted by Crippen LogP contribution is 2.36. The number of ketones is 1. The Morgan fingerprint density at radius 3 is 2.61 bits per heavy atom. The zero-order valence-corrected chi connectivity index (χ0v) is 16.8. The third-order valence-corrected chi connectivity index (χ3v) is 4.73. The Morgan fingerprint density at radius 1 is 1.30 bits per heavy atom. The third kappa shape index (κ3) is 4.97. The van der Waals surface area contributed by atoms with Crippen molar-refractivity contribution < 1.29 is 35.9 Å². The van der Waals surface area contributed by atoms with E-state index >= 15 is 0 Å². The summed E-state index contributed by atoms with van der Waals surface area (Å²) in [5, 5.41) is 8.81. The van der Waals surface area contributed by atoms with Crippen LogP contribution in [0.5, 0.6) is 0 Å². The summed E-state index contributed by atoms with van der Waals surface area (Å²) in [5.41, 5.74) is 0.870. The smallest absolute Gasteiger partial charge is 0.418 e. The van der Waals surface area contributed by atoms with Gasteiger partial charge >= 0.3 is 6.18 Å². The average Bonchev–Trinajstić information content (AvgIpc) is 2.73. The number of pyridine rings is 1. The minimum Gasteiger partial charge on any atom is -0.425 e. The number of amidine groups is 1. The van der Waals surface area contributed by atoms with Gasteiger partial charge in [-0.2, -0.15) is 18.4 Å². The molecule has 1 aliphatic heterocycles. The first-order valence-corrected chi connectivity index (χ1v) is 9.17. The normalized spacial score (nSPS) is 18.3. The predicted molar refractivity (Wildman–Crippen MR) is 103 cm³/mol. The second-order valence-electron chi connectivity index (χ2n) is 7.19. The monoisotopic (exact) mass is 468 g/mol. The van der Waals surface area contributed by atoms with Gasteiger partial charge in [0.25, 0.3) is 12.4 Å². The van der Waals surface area contributed by atoms with Crippen LogP contribution in [0, 0.1) is 17.1 Å². The molecule has 0 amide bonds. The number of aromatic nitrogens is 1. The van der Waals surface area contributed by atoms with Crippen molar-refractivity contribution in [1.29, 1.82) is 5.26 Å². The molecule has 0 fully saturated rings. The second-order valence-corrected chi connectivity index (χ2v) is 7.19. The van der Waals surface area contributed by atoms with Crippen LogP contribution in [0.4, 0.5) is 26.3 Å². The maximum Gasteiger partial charge on any atom is 0.418 e. The summed E-state index contributed by atoms with van der Waals surface area (Å²) in [5.74, 6) is -2.76. The zero-order valence-electron chi connectivity index (χ0n) is 16.8. The molecule has 6 nitrogen and oxygen atoms in total. The van der Waals surface area contributed by atoms with Crippen LogP contribution in [-0.2, 0) is 22.9 Å². The molecule has 172 valence electrons. The topological polar surface area (TPSA) is 101 Å². The minimum atomic E-state index is -4.95. The number of halogens is 6. The molecule has 0 saturated heterocycles. The van der Waals surface area contributed by atoms with Crippen LogP contribution in [0.3, 0.4) is 0 Å². The Kier molecular flexibility index (Phi) is 6.18. The van der Waals surface area contributed by atoms with Gasteiger partial charge in [-0.1, -0.05) is 6.07 Å². The van der Waals surface area contributed by atoms with E-state index in [0.29, 0.717) is 6.07 Å². The lowest BCUT2D eigenvalue weighted by atomic mass is 9.88. The molecule has 0 aliphatic carbocycles. The second kappa shape index (κ2) is 8.57. The SMILES string of the molecule is C[C@@]1(c2cc(CC(=O)c3ncc(C#N)cc3C(F)(F)F)ccc2F)C=C(C(F)F)OC(N)=N1. The Bertz CT molecular complexity index is 1220. The average molecular weight is 468 g/mol. The van der Waals surface area contributed by atoms with E-state index in [0.717, 1.165) is 30.5 Å². The first-order valence-electron chi connectivity index (χ1n) is 9.17. The summed E-state index contributed by atoms with van der Waals surface area (Å²) in [7, 11) is 0. The minimum absolute atomic E-state index is 0.0733. The lowest BCUT2D eigenvalue weighted by molar-refractivity contribution is -0.138. The summed E-state index contributed by atoms with van der Waals surface area (Å²) >= 11 is 0. The van der Waals surface area contributed by atoms with Crippen LogP contribution in [0.1, 0.15) is 39.7 Å². The molecule has 0 unspecified atom stereocenters. The van der Waals surface area contributed by atoms with Crippen LogP contribution >= 0.6 is 0 Å². The van der Waals surface area contributed by atoms with E-state index in [-0.39, 0.29) is 16.7 Å². The standard InChI is InChI=1S/C21H14F6N4O2/c1-20(7-16(18(23)24)33-19(29)31-20)12-4-10(2-3-14(12)22)6-15(32)17-13(21(25,26)27)5-11(8-28)9-30-17/h2-5,7,9,18H,6H2,1H3,(H2,29,31)/t20-/m0/s1. The fourth-order valence-electron chi connectivity index (χ4n) is 3.26. The highest BCUT2D eigenvalue weighted by Gasteiger charge is 2.37. The number of ether oxygens (including phenoxy) is 1. The van der Waals surface area contributed by atoms with Gasteiger partial charge in [-0.05, 0) is 36.8 Å². The number of benzene rings is 1. The summed E-state index contributed by atoms with van der Waals surface area (Å²) in [6, 6.07) is 4.59. The van der Waals surface area contributed by atoms with E-state index in [1.807, 2.05) is 0 Å². The Balaban J connectivity index is 2.00. The largest absolute Gasteiger partial charge is 0.425 e. The quantitative estimate of drug-likeness (QED) is 0.523. The Labute approximate surface area is 183 Å².